The Bertz CT molecular complexity index is 666. The van der Waals surface area contributed by atoms with Gasteiger partial charge in [0.15, 0.2) is 0 Å². The number of Topliss-reactive ketones (excluding diaryl/α,β-unsaturated/α-hetero) is 1. The fourth-order valence-electron chi connectivity index (χ4n) is 1.83. The summed E-state index contributed by atoms with van der Waals surface area (Å²) < 4.78 is 5.84. The lowest BCUT2D eigenvalue weighted by Crippen LogP contribution is -2.17. The van der Waals surface area contributed by atoms with Crippen LogP contribution in [0.5, 0.6) is 5.88 Å². The van der Waals surface area contributed by atoms with Crippen molar-refractivity contribution in [2.45, 2.75) is 34.1 Å². The number of hydrogen-bond acceptors (Lipinski definition) is 4. The number of rotatable bonds is 5. The molecule has 0 fully saturated rings. The van der Waals surface area contributed by atoms with E-state index in [2.05, 4.69) is 35.7 Å². The van der Waals surface area contributed by atoms with Crippen molar-refractivity contribution in [2.75, 3.05) is 6.61 Å². The van der Waals surface area contributed by atoms with Gasteiger partial charge in [0.05, 0.1) is 12.0 Å². The molecule has 2 aromatic rings. The normalized spacial score (nSPS) is 12.2. The van der Waals surface area contributed by atoms with Gasteiger partial charge in [-0.3, -0.25) is 4.79 Å². The molecular formula is C16H21N3O2. The van der Waals surface area contributed by atoms with Gasteiger partial charge < -0.3 is 9.72 Å². The van der Waals surface area contributed by atoms with Crippen molar-refractivity contribution < 1.29 is 9.53 Å². The van der Waals surface area contributed by atoms with Crippen LogP contribution in [0.3, 0.4) is 0 Å². The summed E-state index contributed by atoms with van der Waals surface area (Å²) in [6.45, 7) is 8.46. The van der Waals surface area contributed by atoms with Crippen LogP contribution in [-0.4, -0.2) is 27.3 Å². The van der Waals surface area contributed by atoms with E-state index in [-0.39, 0.29) is 11.2 Å². The molecule has 2 heterocycles. The molecule has 0 aliphatic rings. The zero-order valence-electron chi connectivity index (χ0n) is 12.9. The van der Waals surface area contributed by atoms with Crippen LogP contribution in [0.4, 0.5) is 0 Å². The van der Waals surface area contributed by atoms with E-state index in [4.69, 9.17) is 4.74 Å². The largest absolute Gasteiger partial charge is 0.477 e. The van der Waals surface area contributed by atoms with Crippen molar-refractivity contribution in [1.29, 1.82) is 0 Å². The maximum Gasteiger partial charge on any atom is 0.226 e. The lowest BCUT2D eigenvalue weighted by atomic mass is 9.99. The highest BCUT2D eigenvalue weighted by Crippen LogP contribution is 2.27. The topological polar surface area (TPSA) is 67.9 Å². The van der Waals surface area contributed by atoms with Gasteiger partial charge in [0.1, 0.15) is 17.8 Å². The number of carbonyl (C=O) groups is 1. The first-order chi connectivity index (χ1) is 9.87. The number of nitrogens with one attached hydrogen (secondary N) is 1. The number of ether oxygens (including phenoxy) is 1. The number of carbonyl (C=O) groups excluding carboxylic acids is 1. The Labute approximate surface area is 124 Å². The summed E-state index contributed by atoms with van der Waals surface area (Å²) in [5, 5.41) is 0.849. The molecule has 5 heteroatoms. The molecule has 112 valence electrons. The van der Waals surface area contributed by atoms with Crippen LogP contribution in [0.15, 0.2) is 18.6 Å². The summed E-state index contributed by atoms with van der Waals surface area (Å²) in [6.07, 6.45) is 7.48. The predicted octanol–water partition coefficient (Wildman–Crippen LogP) is 3.38. The zero-order chi connectivity index (χ0) is 15.5. The van der Waals surface area contributed by atoms with Gasteiger partial charge in [0, 0.05) is 18.2 Å². The van der Waals surface area contributed by atoms with Crippen molar-refractivity contribution in [1.82, 2.24) is 15.0 Å². The molecule has 0 spiro atoms. The van der Waals surface area contributed by atoms with Crippen LogP contribution in [0.25, 0.3) is 17.1 Å². The number of nitrogens with zero attached hydrogens (tertiary/aromatic N) is 2. The molecule has 0 aromatic carbocycles. The summed E-state index contributed by atoms with van der Waals surface area (Å²) in [7, 11) is 0. The number of H-pyrrole nitrogens is 1. The average molecular weight is 287 g/mol. The van der Waals surface area contributed by atoms with Gasteiger partial charge in [-0.15, -0.1) is 0 Å². The molecule has 0 radical (unpaired) electrons. The van der Waals surface area contributed by atoms with Crippen molar-refractivity contribution in [3.8, 4) is 5.88 Å². The summed E-state index contributed by atoms with van der Waals surface area (Å²) in [5.41, 5.74) is 1.71. The van der Waals surface area contributed by atoms with Gasteiger partial charge in [-0.1, -0.05) is 32.9 Å². The molecular weight excluding hydrogens is 266 g/mol. The number of aromatic nitrogens is 3. The summed E-state index contributed by atoms with van der Waals surface area (Å²) in [4.78, 5) is 22.5. The van der Waals surface area contributed by atoms with E-state index >= 15 is 0 Å². The second-order valence-corrected chi connectivity index (χ2v) is 6.30. The fraction of sp³-hybridized carbons (Fsp3) is 0.438. The van der Waals surface area contributed by atoms with Gasteiger partial charge in [0.2, 0.25) is 5.88 Å². The number of ketones is 1. The van der Waals surface area contributed by atoms with E-state index in [1.165, 1.54) is 6.33 Å². The van der Waals surface area contributed by atoms with E-state index in [0.717, 1.165) is 16.6 Å². The first-order valence-corrected chi connectivity index (χ1v) is 6.98. The smallest absolute Gasteiger partial charge is 0.226 e. The summed E-state index contributed by atoms with van der Waals surface area (Å²) in [5.74, 6) is 0.699. The van der Waals surface area contributed by atoms with Crippen LogP contribution >= 0.6 is 0 Å². The second kappa shape index (κ2) is 6.08. The van der Waals surface area contributed by atoms with E-state index in [0.29, 0.717) is 18.9 Å². The SMILES string of the molecule is CC(=O)C/C=C/c1c[nH]c2ncnc(OCC(C)(C)C)c12. The van der Waals surface area contributed by atoms with E-state index in [1.54, 1.807) is 6.92 Å². The van der Waals surface area contributed by atoms with Crippen molar-refractivity contribution in [3.63, 3.8) is 0 Å². The Morgan fingerprint density at radius 2 is 2.14 bits per heavy atom. The average Bonchev–Trinajstić information content (AvgIpc) is 2.79. The van der Waals surface area contributed by atoms with Crippen molar-refractivity contribution in [2.24, 2.45) is 5.41 Å². The molecule has 0 saturated heterocycles. The van der Waals surface area contributed by atoms with Gasteiger partial charge >= 0.3 is 0 Å². The first-order valence-electron chi connectivity index (χ1n) is 6.98. The summed E-state index contributed by atoms with van der Waals surface area (Å²) >= 11 is 0. The molecule has 0 atom stereocenters. The molecule has 0 amide bonds. The highest BCUT2D eigenvalue weighted by atomic mass is 16.5. The Hall–Kier alpha value is -2.17. The highest BCUT2D eigenvalue weighted by Gasteiger charge is 2.15. The minimum Gasteiger partial charge on any atom is -0.477 e. The molecule has 1 N–H and O–H groups in total. The molecule has 0 aliphatic heterocycles. The maximum atomic E-state index is 11.0. The van der Waals surface area contributed by atoms with Crippen LogP contribution < -0.4 is 4.74 Å². The summed E-state index contributed by atoms with van der Waals surface area (Å²) in [6, 6.07) is 0. The molecule has 5 nitrogen and oxygen atoms in total. The molecule has 21 heavy (non-hydrogen) atoms. The van der Waals surface area contributed by atoms with Crippen LogP contribution in [0.2, 0.25) is 0 Å². The van der Waals surface area contributed by atoms with Gasteiger partial charge in [-0.2, -0.15) is 0 Å². The Morgan fingerprint density at radius 3 is 2.81 bits per heavy atom. The Kier molecular flexibility index (Phi) is 4.40. The number of hydrogen-bond donors (Lipinski definition) is 1. The van der Waals surface area contributed by atoms with E-state index in [9.17, 15) is 4.79 Å². The third-order valence-electron chi connectivity index (χ3n) is 2.81. The maximum absolute atomic E-state index is 11.0. The number of aromatic amines is 1. The molecule has 0 bridgehead atoms. The van der Waals surface area contributed by atoms with E-state index in [1.807, 2.05) is 18.3 Å². The molecule has 2 rings (SSSR count). The Balaban J connectivity index is 2.31. The molecule has 0 saturated carbocycles. The second-order valence-electron chi connectivity index (χ2n) is 6.30. The lowest BCUT2D eigenvalue weighted by Gasteiger charge is -2.18. The van der Waals surface area contributed by atoms with Gasteiger partial charge in [0.25, 0.3) is 0 Å². The first kappa shape index (κ1) is 15.2. The van der Waals surface area contributed by atoms with Crippen LogP contribution in [-0.2, 0) is 4.79 Å². The lowest BCUT2D eigenvalue weighted by molar-refractivity contribution is -0.116. The fourth-order valence-corrected chi connectivity index (χ4v) is 1.83. The third-order valence-corrected chi connectivity index (χ3v) is 2.81. The quantitative estimate of drug-likeness (QED) is 0.915. The monoisotopic (exact) mass is 287 g/mol. The number of fused-ring (bicyclic) bond motifs is 1. The van der Waals surface area contributed by atoms with Crippen LogP contribution in [0.1, 0.15) is 39.7 Å². The highest BCUT2D eigenvalue weighted by molar-refractivity contribution is 5.90. The van der Waals surface area contributed by atoms with Crippen molar-refractivity contribution in [3.05, 3.63) is 24.2 Å². The van der Waals surface area contributed by atoms with Gasteiger partial charge in [-0.05, 0) is 12.3 Å². The molecule has 0 aliphatic carbocycles. The predicted molar refractivity (Wildman–Crippen MR) is 83.2 cm³/mol. The van der Waals surface area contributed by atoms with Crippen LogP contribution in [0, 0.1) is 5.41 Å². The molecule has 2 aromatic heterocycles. The third kappa shape index (κ3) is 4.15. The minimum atomic E-state index is 0.0538. The number of allylic oxidation sites excluding steroid dienone is 1. The zero-order valence-corrected chi connectivity index (χ0v) is 12.9. The molecule has 0 unspecified atom stereocenters. The van der Waals surface area contributed by atoms with E-state index < -0.39 is 0 Å². The standard InChI is InChI=1S/C16H21N3O2/c1-11(20)6-5-7-12-8-17-14-13(12)15(19-10-18-14)21-9-16(2,3)4/h5,7-8,10H,6,9H2,1-4H3,(H,17,18,19)/b7-5+. The van der Waals surface area contributed by atoms with Crippen molar-refractivity contribution >= 4 is 22.9 Å². The Morgan fingerprint density at radius 1 is 1.38 bits per heavy atom. The van der Waals surface area contributed by atoms with Gasteiger partial charge in [-0.25, -0.2) is 9.97 Å². The minimum absolute atomic E-state index is 0.0538.